The van der Waals surface area contributed by atoms with Crippen LogP contribution in [0, 0.1) is 11.7 Å². The number of hydrogen-bond donors (Lipinski definition) is 2. The fourth-order valence-electron chi connectivity index (χ4n) is 4.04. The Labute approximate surface area is 201 Å². The van der Waals surface area contributed by atoms with Gasteiger partial charge in [0.1, 0.15) is 5.82 Å². The van der Waals surface area contributed by atoms with Crippen LogP contribution in [0.2, 0.25) is 0 Å². The van der Waals surface area contributed by atoms with Crippen LogP contribution in [-0.4, -0.2) is 54.7 Å². The van der Waals surface area contributed by atoms with E-state index >= 15 is 0 Å². The molecule has 1 aromatic carbocycles. The first kappa shape index (κ1) is 25.2. The third-order valence-electron chi connectivity index (χ3n) is 5.61. The third-order valence-corrected chi connectivity index (χ3v) is 6.60. The Kier molecular flexibility index (Phi) is 11.3. The van der Waals surface area contributed by atoms with Crippen LogP contribution < -0.4 is 10.6 Å². The summed E-state index contributed by atoms with van der Waals surface area (Å²) in [6.07, 6.45) is 5.46. The van der Waals surface area contributed by atoms with Crippen LogP contribution in [0.15, 0.2) is 29.3 Å². The number of likely N-dealkylation sites (tertiary alicyclic amines) is 1. The summed E-state index contributed by atoms with van der Waals surface area (Å²) in [4.78, 5) is 19.3. The number of halogens is 2. The minimum atomic E-state index is -0.142. The van der Waals surface area contributed by atoms with Crippen molar-refractivity contribution in [1.29, 1.82) is 0 Å². The van der Waals surface area contributed by atoms with E-state index in [1.54, 1.807) is 17.8 Å². The molecule has 1 saturated heterocycles. The largest absolute Gasteiger partial charge is 0.357 e. The molecule has 168 valence electrons. The van der Waals surface area contributed by atoms with Gasteiger partial charge in [0, 0.05) is 43.1 Å². The van der Waals surface area contributed by atoms with Gasteiger partial charge in [0.25, 0.3) is 0 Å². The van der Waals surface area contributed by atoms with Crippen molar-refractivity contribution in [3.05, 3.63) is 35.6 Å². The van der Waals surface area contributed by atoms with Gasteiger partial charge in [-0.25, -0.2) is 4.39 Å². The molecule has 30 heavy (non-hydrogen) atoms. The average Bonchev–Trinajstić information content (AvgIpc) is 3.41. The Hall–Kier alpha value is -1.03. The maximum Gasteiger partial charge on any atom is 0.225 e. The average molecular weight is 549 g/mol. The molecule has 8 heteroatoms. The molecular weight excluding hydrogens is 514 g/mol. The van der Waals surface area contributed by atoms with E-state index in [2.05, 4.69) is 22.5 Å². The summed E-state index contributed by atoms with van der Waals surface area (Å²) >= 11 is 1.69. The summed E-state index contributed by atoms with van der Waals surface area (Å²) in [6.45, 7) is 5.12. The minimum Gasteiger partial charge on any atom is -0.357 e. The van der Waals surface area contributed by atoms with Gasteiger partial charge in [-0.1, -0.05) is 31.0 Å². The van der Waals surface area contributed by atoms with Crippen molar-refractivity contribution in [2.45, 2.75) is 50.8 Å². The van der Waals surface area contributed by atoms with Gasteiger partial charge in [-0.15, -0.1) is 24.0 Å². The van der Waals surface area contributed by atoms with E-state index < -0.39 is 0 Å². The Morgan fingerprint density at radius 3 is 2.77 bits per heavy atom. The number of nitrogens with one attached hydrogen (secondary N) is 2. The lowest BCUT2D eigenvalue weighted by Crippen LogP contribution is -2.45. The molecule has 2 fully saturated rings. The second-order valence-electron chi connectivity index (χ2n) is 7.80. The molecule has 1 atom stereocenters. The van der Waals surface area contributed by atoms with E-state index in [-0.39, 0.29) is 41.8 Å². The van der Waals surface area contributed by atoms with E-state index in [0.29, 0.717) is 18.2 Å². The summed E-state index contributed by atoms with van der Waals surface area (Å²) in [5.41, 5.74) is 0.740. The molecule has 5 nitrogen and oxygen atoms in total. The zero-order valence-corrected chi connectivity index (χ0v) is 20.9. The molecule has 3 rings (SSSR count). The lowest BCUT2D eigenvalue weighted by molar-refractivity contribution is -0.134. The number of carbonyl (C=O) groups is 1. The van der Waals surface area contributed by atoms with Gasteiger partial charge < -0.3 is 15.5 Å². The van der Waals surface area contributed by atoms with Gasteiger partial charge in [0.2, 0.25) is 5.91 Å². The Balaban J connectivity index is 0.00000320. The van der Waals surface area contributed by atoms with E-state index in [1.807, 2.05) is 17.0 Å². The Morgan fingerprint density at radius 2 is 2.03 bits per heavy atom. The van der Waals surface area contributed by atoms with E-state index in [9.17, 15) is 9.18 Å². The second kappa shape index (κ2) is 13.4. The summed E-state index contributed by atoms with van der Waals surface area (Å²) in [6, 6.07) is 7.17. The lowest BCUT2D eigenvalue weighted by Gasteiger charge is -2.21. The van der Waals surface area contributed by atoms with Crippen molar-refractivity contribution in [3.8, 4) is 0 Å². The summed E-state index contributed by atoms with van der Waals surface area (Å²) in [5.74, 6) is 2.76. The van der Waals surface area contributed by atoms with Crippen molar-refractivity contribution in [1.82, 2.24) is 15.5 Å². The zero-order chi connectivity index (χ0) is 20.5. The second-order valence-corrected chi connectivity index (χ2v) is 8.91. The molecule has 1 heterocycles. The number of amides is 1. The van der Waals surface area contributed by atoms with Gasteiger partial charge in [-0.05, 0) is 37.8 Å². The number of guanidine groups is 1. The van der Waals surface area contributed by atoms with Crippen LogP contribution in [0.4, 0.5) is 4.39 Å². The SMILES string of the molecule is CCNC(=NCCSCc1ccccc1F)NC1CCN(C(=O)C2CCCC2)C1.I. The quantitative estimate of drug-likeness (QED) is 0.223. The first-order valence-corrected chi connectivity index (χ1v) is 12.0. The first-order valence-electron chi connectivity index (χ1n) is 10.8. The van der Waals surface area contributed by atoms with Crippen LogP contribution in [-0.2, 0) is 10.5 Å². The van der Waals surface area contributed by atoms with Crippen LogP contribution in [0.25, 0.3) is 0 Å². The zero-order valence-electron chi connectivity index (χ0n) is 17.7. The van der Waals surface area contributed by atoms with Crippen molar-refractivity contribution in [2.75, 3.05) is 31.9 Å². The molecular formula is C22H34FIN4OS. The highest BCUT2D eigenvalue weighted by atomic mass is 127. The molecule has 1 saturated carbocycles. The van der Waals surface area contributed by atoms with E-state index in [1.165, 1.54) is 18.9 Å². The van der Waals surface area contributed by atoms with Crippen LogP contribution in [0.1, 0.15) is 44.6 Å². The monoisotopic (exact) mass is 548 g/mol. The molecule has 1 amide bonds. The molecule has 2 aliphatic rings. The molecule has 1 aliphatic heterocycles. The highest BCUT2D eigenvalue weighted by Gasteiger charge is 2.32. The van der Waals surface area contributed by atoms with Gasteiger partial charge in [0.05, 0.1) is 6.54 Å². The molecule has 0 radical (unpaired) electrons. The van der Waals surface area contributed by atoms with E-state index in [0.717, 1.165) is 56.2 Å². The van der Waals surface area contributed by atoms with Crippen LogP contribution >= 0.6 is 35.7 Å². The molecule has 0 spiro atoms. The predicted octanol–water partition coefficient (Wildman–Crippen LogP) is 4.02. The highest BCUT2D eigenvalue weighted by Crippen LogP contribution is 2.27. The summed E-state index contributed by atoms with van der Waals surface area (Å²) in [7, 11) is 0. The topological polar surface area (TPSA) is 56.7 Å². The minimum absolute atomic E-state index is 0. The lowest BCUT2D eigenvalue weighted by atomic mass is 10.1. The fourth-order valence-corrected chi connectivity index (χ4v) is 4.86. The van der Waals surface area contributed by atoms with Crippen LogP contribution in [0.5, 0.6) is 0 Å². The predicted molar refractivity (Wildman–Crippen MR) is 134 cm³/mol. The van der Waals surface area contributed by atoms with Crippen molar-refractivity contribution >= 4 is 47.6 Å². The Bertz CT molecular complexity index is 699. The van der Waals surface area contributed by atoms with Crippen molar-refractivity contribution < 1.29 is 9.18 Å². The number of carbonyl (C=O) groups excluding carboxylic acids is 1. The van der Waals surface area contributed by atoms with Crippen molar-refractivity contribution in [2.24, 2.45) is 10.9 Å². The van der Waals surface area contributed by atoms with Gasteiger partial charge in [-0.3, -0.25) is 9.79 Å². The van der Waals surface area contributed by atoms with Crippen LogP contribution in [0.3, 0.4) is 0 Å². The maximum atomic E-state index is 13.7. The van der Waals surface area contributed by atoms with Crippen molar-refractivity contribution in [3.63, 3.8) is 0 Å². The molecule has 1 unspecified atom stereocenters. The third kappa shape index (κ3) is 7.59. The number of aliphatic imine (C=N–C) groups is 1. The number of rotatable bonds is 8. The Morgan fingerprint density at radius 1 is 1.27 bits per heavy atom. The highest BCUT2D eigenvalue weighted by molar-refractivity contribution is 14.0. The van der Waals surface area contributed by atoms with E-state index in [4.69, 9.17) is 0 Å². The molecule has 1 aromatic rings. The number of hydrogen-bond acceptors (Lipinski definition) is 3. The van der Waals surface area contributed by atoms with Gasteiger partial charge >= 0.3 is 0 Å². The fraction of sp³-hybridized carbons (Fsp3) is 0.636. The standard InChI is InChI=1S/C22H33FN4OS.HI/c1-2-24-22(25-12-14-29-16-18-9-5-6-10-20(18)23)26-19-11-13-27(15-19)21(28)17-7-3-4-8-17;/h5-6,9-10,17,19H,2-4,7-8,11-16H2,1H3,(H2,24,25,26);1H. The smallest absolute Gasteiger partial charge is 0.225 e. The molecule has 0 bridgehead atoms. The number of thioether (sulfide) groups is 1. The molecule has 0 aromatic heterocycles. The maximum absolute atomic E-state index is 13.7. The van der Waals surface area contributed by atoms with Gasteiger partial charge in [-0.2, -0.15) is 11.8 Å². The number of benzene rings is 1. The normalized spacial score (nSPS) is 19.6. The summed E-state index contributed by atoms with van der Waals surface area (Å²) in [5, 5.41) is 6.78. The first-order chi connectivity index (χ1) is 14.2. The molecule has 2 N–H and O–H groups in total. The molecule has 1 aliphatic carbocycles. The van der Waals surface area contributed by atoms with Gasteiger partial charge in [0.15, 0.2) is 5.96 Å². The summed E-state index contributed by atoms with van der Waals surface area (Å²) < 4.78 is 13.7. The number of nitrogens with zero attached hydrogens (tertiary/aromatic N) is 2.